The molecule has 0 bridgehead atoms. The fourth-order valence-electron chi connectivity index (χ4n) is 2.21. The Hall–Kier alpha value is -3.40. The van der Waals surface area contributed by atoms with Crippen LogP contribution < -0.4 is 15.8 Å². The lowest BCUT2D eigenvalue weighted by atomic mass is 10.0. The van der Waals surface area contributed by atoms with E-state index in [0.29, 0.717) is 32.7 Å². The van der Waals surface area contributed by atoms with E-state index in [-0.39, 0.29) is 5.56 Å². The molecule has 3 heterocycles. The van der Waals surface area contributed by atoms with Gasteiger partial charge in [0.05, 0.1) is 18.2 Å². The number of aromatic nitrogens is 4. The van der Waals surface area contributed by atoms with Crippen LogP contribution in [-0.4, -0.2) is 39.1 Å². The van der Waals surface area contributed by atoms with E-state index >= 15 is 0 Å². The zero-order valence-corrected chi connectivity index (χ0v) is 14.7. The van der Waals surface area contributed by atoms with E-state index in [4.69, 9.17) is 10.5 Å². The van der Waals surface area contributed by atoms with E-state index in [1.807, 2.05) is 0 Å². The van der Waals surface area contributed by atoms with Crippen LogP contribution in [0.25, 0.3) is 11.1 Å². The number of rotatable bonds is 5. The number of hydrogen-bond donors (Lipinski definition) is 2. The Morgan fingerprint density at radius 1 is 1.19 bits per heavy atom. The summed E-state index contributed by atoms with van der Waals surface area (Å²) in [5.41, 5.74) is 7.71. The first-order valence-electron chi connectivity index (χ1n) is 7.38. The smallest absolute Gasteiger partial charge is 0.295 e. The lowest BCUT2D eigenvalue weighted by Gasteiger charge is -2.10. The first-order chi connectivity index (χ1) is 12.5. The number of aryl methyl sites for hydroxylation is 1. The molecule has 0 unspecified atom stereocenters. The van der Waals surface area contributed by atoms with E-state index in [9.17, 15) is 9.59 Å². The molecule has 0 fully saturated rings. The number of nitrogens with one attached hydrogen (secondary N) is 1. The number of carbonyl (C=O) groups is 2. The molecule has 9 nitrogen and oxygen atoms in total. The van der Waals surface area contributed by atoms with E-state index in [1.165, 1.54) is 19.5 Å². The predicted octanol–water partition coefficient (Wildman–Crippen LogP) is 1.66. The van der Waals surface area contributed by atoms with Crippen LogP contribution in [0.5, 0.6) is 5.19 Å². The lowest BCUT2D eigenvalue weighted by Crippen LogP contribution is -2.14. The lowest BCUT2D eigenvalue weighted by molar-refractivity contribution is 0.0997. The standard InChI is InChI=1S/C16H14N6O3S/c1-8-3-11(9-4-10(13(17)23)6-18-5-9)12(7-19-8)14(24)20-15-21-22-16(25-2)26-15/h3-7H,1-2H3,(H2,17,23)(H,20,21,24). The maximum atomic E-state index is 12.7. The van der Waals surface area contributed by atoms with Gasteiger partial charge < -0.3 is 10.5 Å². The summed E-state index contributed by atoms with van der Waals surface area (Å²) in [6, 6.07) is 3.31. The summed E-state index contributed by atoms with van der Waals surface area (Å²) < 4.78 is 4.96. The summed E-state index contributed by atoms with van der Waals surface area (Å²) >= 11 is 1.10. The van der Waals surface area contributed by atoms with Crippen LogP contribution in [0.15, 0.2) is 30.7 Å². The number of ether oxygens (including phenoxy) is 1. The zero-order valence-electron chi connectivity index (χ0n) is 13.9. The summed E-state index contributed by atoms with van der Waals surface area (Å²) in [5, 5.41) is 10.9. The minimum absolute atomic E-state index is 0.247. The summed E-state index contributed by atoms with van der Waals surface area (Å²) in [5.74, 6) is -1.02. The third-order valence-electron chi connectivity index (χ3n) is 3.42. The molecule has 0 aromatic carbocycles. The van der Waals surface area contributed by atoms with E-state index < -0.39 is 11.8 Å². The molecule has 0 saturated heterocycles. The van der Waals surface area contributed by atoms with Gasteiger partial charge in [0, 0.05) is 29.8 Å². The van der Waals surface area contributed by atoms with Gasteiger partial charge >= 0.3 is 0 Å². The number of anilines is 1. The average molecular weight is 370 g/mol. The van der Waals surface area contributed by atoms with Gasteiger partial charge in [0.25, 0.3) is 11.1 Å². The SMILES string of the molecule is COc1nnc(NC(=O)c2cnc(C)cc2-c2cncc(C(N)=O)c2)s1. The molecule has 3 N–H and O–H groups in total. The second-order valence-electron chi connectivity index (χ2n) is 5.23. The van der Waals surface area contributed by atoms with Crippen molar-refractivity contribution in [2.75, 3.05) is 12.4 Å². The number of methoxy groups -OCH3 is 1. The van der Waals surface area contributed by atoms with Gasteiger partial charge in [0.2, 0.25) is 11.0 Å². The maximum Gasteiger partial charge on any atom is 0.295 e. The molecular formula is C16H14N6O3S. The zero-order chi connectivity index (χ0) is 18.7. The van der Waals surface area contributed by atoms with Gasteiger partial charge in [-0.2, -0.15) is 0 Å². The number of hydrogen-bond acceptors (Lipinski definition) is 8. The van der Waals surface area contributed by atoms with Crippen LogP contribution in [-0.2, 0) is 0 Å². The van der Waals surface area contributed by atoms with Gasteiger partial charge in [-0.05, 0) is 36.0 Å². The highest BCUT2D eigenvalue weighted by Crippen LogP contribution is 2.27. The van der Waals surface area contributed by atoms with Crippen LogP contribution in [0.3, 0.4) is 0 Å². The number of carbonyl (C=O) groups excluding carboxylic acids is 2. The molecule has 0 saturated carbocycles. The molecule has 0 aliphatic rings. The fraction of sp³-hybridized carbons (Fsp3) is 0.125. The topological polar surface area (TPSA) is 133 Å². The Kier molecular flexibility index (Phi) is 4.85. The number of nitrogens with two attached hydrogens (primary N) is 1. The van der Waals surface area contributed by atoms with Gasteiger partial charge in [-0.3, -0.25) is 24.9 Å². The van der Waals surface area contributed by atoms with Crippen molar-refractivity contribution in [3.05, 3.63) is 47.5 Å². The summed E-state index contributed by atoms with van der Waals surface area (Å²) in [4.78, 5) is 32.3. The Labute approximate surface area is 152 Å². The van der Waals surface area contributed by atoms with Gasteiger partial charge in [0.1, 0.15) is 0 Å². The van der Waals surface area contributed by atoms with Gasteiger partial charge in [-0.15, -0.1) is 5.10 Å². The third-order valence-corrected chi connectivity index (χ3v) is 4.22. The molecule has 26 heavy (non-hydrogen) atoms. The van der Waals surface area contributed by atoms with Crippen molar-refractivity contribution in [3.8, 4) is 16.3 Å². The van der Waals surface area contributed by atoms with Crippen molar-refractivity contribution < 1.29 is 14.3 Å². The molecule has 0 spiro atoms. The average Bonchev–Trinajstić information content (AvgIpc) is 3.09. The molecule has 0 atom stereocenters. The molecule has 2 amide bonds. The molecule has 132 valence electrons. The molecule has 0 radical (unpaired) electrons. The number of pyridine rings is 2. The van der Waals surface area contributed by atoms with Crippen LogP contribution in [0, 0.1) is 6.92 Å². The van der Waals surface area contributed by atoms with Gasteiger partial charge in [-0.25, -0.2) is 0 Å². The minimum atomic E-state index is -0.600. The van der Waals surface area contributed by atoms with Crippen molar-refractivity contribution in [1.29, 1.82) is 0 Å². The molecule has 3 aromatic heterocycles. The largest absolute Gasteiger partial charge is 0.472 e. The monoisotopic (exact) mass is 370 g/mol. The van der Waals surface area contributed by atoms with Crippen LogP contribution in [0.4, 0.5) is 5.13 Å². The van der Waals surface area contributed by atoms with Gasteiger partial charge in [0.15, 0.2) is 0 Å². The van der Waals surface area contributed by atoms with Crippen molar-refractivity contribution in [1.82, 2.24) is 20.2 Å². The van der Waals surface area contributed by atoms with E-state index in [1.54, 1.807) is 25.3 Å². The number of primary amides is 1. The highest BCUT2D eigenvalue weighted by molar-refractivity contribution is 7.17. The second kappa shape index (κ2) is 7.23. The van der Waals surface area contributed by atoms with Crippen LogP contribution in [0.2, 0.25) is 0 Å². The minimum Gasteiger partial charge on any atom is -0.472 e. The highest BCUT2D eigenvalue weighted by Gasteiger charge is 2.17. The molecule has 3 rings (SSSR count). The molecule has 10 heteroatoms. The van der Waals surface area contributed by atoms with E-state index in [0.717, 1.165) is 11.3 Å². The predicted molar refractivity (Wildman–Crippen MR) is 95.1 cm³/mol. The number of nitrogens with zero attached hydrogens (tertiary/aromatic N) is 4. The fourth-order valence-corrected chi connectivity index (χ4v) is 2.76. The second-order valence-corrected chi connectivity index (χ2v) is 6.17. The Morgan fingerprint density at radius 2 is 2.00 bits per heavy atom. The Bertz CT molecular complexity index is 988. The Balaban J connectivity index is 1.99. The molecule has 0 aliphatic carbocycles. The summed E-state index contributed by atoms with van der Waals surface area (Å²) in [7, 11) is 1.47. The highest BCUT2D eigenvalue weighted by atomic mass is 32.1. The molecular weight excluding hydrogens is 356 g/mol. The molecule has 0 aliphatic heterocycles. The van der Waals surface area contributed by atoms with Crippen molar-refractivity contribution in [2.45, 2.75) is 6.92 Å². The summed E-state index contributed by atoms with van der Waals surface area (Å²) in [6.07, 6.45) is 4.37. The van der Waals surface area contributed by atoms with Crippen LogP contribution in [0.1, 0.15) is 26.4 Å². The third kappa shape index (κ3) is 3.64. The number of amides is 2. The molecule has 3 aromatic rings. The normalized spacial score (nSPS) is 10.4. The quantitative estimate of drug-likeness (QED) is 0.698. The maximum absolute atomic E-state index is 12.7. The first kappa shape index (κ1) is 17.4. The summed E-state index contributed by atoms with van der Waals surface area (Å²) in [6.45, 7) is 1.80. The van der Waals surface area contributed by atoms with Gasteiger partial charge in [-0.1, -0.05) is 5.10 Å². The van der Waals surface area contributed by atoms with Crippen LogP contribution >= 0.6 is 11.3 Å². The Morgan fingerprint density at radius 3 is 2.69 bits per heavy atom. The van der Waals surface area contributed by atoms with Crippen molar-refractivity contribution >= 4 is 28.3 Å². The van der Waals surface area contributed by atoms with E-state index in [2.05, 4.69) is 25.5 Å². The first-order valence-corrected chi connectivity index (χ1v) is 8.20. The van der Waals surface area contributed by atoms with Crippen molar-refractivity contribution in [3.63, 3.8) is 0 Å². The van der Waals surface area contributed by atoms with Crippen molar-refractivity contribution in [2.24, 2.45) is 5.73 Å².